The Bertz CT molecular complexity index is 716. The summed E-state index contributed by atoms with van der Waals surface area (Å²) in [7, 11) is 0. The summed E-state index contributed by atoms with van der Waals surface area (Å²) in [6, 6.07) is 13.9. The average Bonchev–Trinajstić information content (AvgIpc) is 2.61. The molecule has 118 valence electrons. The van der Waals surface area contributed by atoms with Crippen LogP contribution in [0, 0.1) is 0 Å². The van der Waals surface area contributed by atoms with Crippen LogP contribution in [0.3, 0.4) is 0 Å². The van der Waals surface area contributed by atoms with Crippen LogP contribution >= 0.6 is 0 Å². The van der Waals surface area contributed by atoms with E-state index < -0.39 is 0 Å². The second kappa shape index (κ2) is 8.08. The zero-order chi connectivity index (χ0) is 16.7. The predicted octanol–water partition coefficient (Wildman–Crippen LogP) is 4.47. The van der Waals surface area contributed by atoms with Gasteiger partial charge in [-0.2, -0.15) is 0 Å². The molecule has 0 atom stereocenters. The maximum atomic E-state index is 12.9. The largest absolute Gasteiger partial charge is 0.493 e. The van der Waals surface area contributed by atoms with E-state index in [9.17, 15) is 9.59 Å². The van der Waals surface area contributed by atoms with Crippen LogP contribution in [-0.4, -0.2) is 18.2 Å². The lowest BCUT2D eigenvalue weighted by Crippen LogP contribution is -2.10. The van der Waals surface area contributed by atoms with E-state index >= 15 is 0 Å². The molecule has 3 heteroatoms. The number of benzene rings is 2. The Morgan fingerprint density at radius 2 is 1.61 bits per heavy atom. The van der Waals surface area contributed by atoms with Crippen LogP contribution in [0.2, 0.25) is 0 Å². The molecular weight excluding hydrogens is 288 g/mol. The van der Waals surface area contributed by atoms with Crippen LogP contribution in [0.15, 0.2) is 61.2 Å². The molecule has 0 N–H and O–H groups in total. The summed E-state index contributed by atoms with van der Waals surface area (Å²) < 4.78 is 5.72. The van der Waals surface area contributed by atoms with Crippen LogP contribution in [-0.2, 0) is 0 Å². The predicted molar refractivity (Wildman–Crippen MR) is 91.2 cm³/mol. The van der Waals surface area contributed by atoms with Gasteiger partial charge in [-0.15, -0.1) is 0 Å². The minimum atomic E-state index is -0.265. The normalized spacial score (nSPS) is 10.1. The highest BCUT2D eigenvalue weighted by molar-refractivity contribution is 6.18. The van der Waals surface area contributed by atoms with Crippen molar-refractivity contribution < 1.29 is 14.3 Å². The topological polar surface area (TPSA) is 43.4 Å². The number of para-hydroxylation sites is 1. The first-order chi connectivity index (χ1) is 11.2. The zero-order valence-electron chi connectivity index (χ0n) is 13.2. The minimum Gasteiger partial charge on any atom is -0.493 e. The van der Waals surface area contributed by atoms with Crippen LogP contribution in [0.1, 0.15) is 46.0 Å². The van der Waals surface area contributed by atoms with E-state index in [0.717, 1.165) is 12.8 Å². The number of unbranched alkanes of at least 4 members (excludes halogenated alkanes) is 1. The quantitative estimate of drug-likeness (QED) is 0.410. The van der Waals surface area contributed by atoms with Gasteiger partial charge in [-0.05, 0) is 24.6 Å². The Balaban J connectivity index is 2.38. The first-order valence-corrected chi connectivity index (χ1v) is 7.71. The van der Waals surface area contributed by atoms with Gasteiger partial charge in [0, 0.05) is 11.1 Å². The smallest absolute Gasteiger partial charge is 0.197 e. The number of carbonyl (C=O) groups excluding carboxylic acids is 2. The lowest BCUT2D eigenvalue weighted by Gasteiger charge is -2.12. The summed E-state index contributed by atoms with van der Waals surface area (Å²) in [6.45, 7) is 6.14. The van der Waals surface area contributed by atoms with E-state index in [-0.39, 0.29) is 11.6 Å². The molecule has 3 nitrogen and oxygen atoms in total. The van der Waals surface area contributed by atoms with Gasteiger partial charge in [0.15, 0.2) is 11.6 Å². The Labute approximate surface area is 136 Å². The molecule has 0 aliphatic heterocycles. The first-order valence-electron chi connectivity index (χ1n) is 7.71. The highest BCUT2D eigenvalue weighted by atomic mass is 16.5. The fourth-order valence-electron chi connectivity index (χ4n) is 2.26. The van der Waals surface area contributed by atoms with E-state index in [2.05, 4.69) is 13.5 Å². The van der Waals surface area contributed by atoms with Gasteiger partial charge >= 0.3 is 0 Å². The molecule has 0 aliphatic rings. The second-order valence-electron chi connectivity index (χ2n) is 5.14. The number of hydrogen-bond acceptors (Lipinski definition) is 3. The third kappa shape index (κ3) is 3.95. The molecule has 2 rings (SSSR count). The summed E-state index contributed by atoms with van der Waals surface area (Å²) in [5, 5.41) is 0. The number of ketones is 2. The summed E-state index contributed by atoms with van der Waals surface area (Å²) in [5.41, 5.74) is 1.19. The maximum Gasteiger partial charge on any atom is 0.197 e. The summed E-state index contributed by atoms with van der Waals surface area (Å²) in [5.74, 6) is 0.0630. The van der Waals surface area contributed by atoms with Crippen LogP contribution < -0.4 is 4.74 Å². The minimum absolute atomic E-state index is 0.220. The van der Waals surface area contributed by atoms with Crippen molar-refractivity contribution in [3.05, 3.63) is 77.9 Å². The lowest BCUT2D eigenvalue weighted by atomic mass is 9.95. The van der Waals surface area contributed by atoms with Crippen molar-refractivity contribution in [1.82, 2.24) is 0 Å². The van der Waals surface area contributed by atoms with Gasteiger partial charge < -0.3 is 4.74 Å². The van der Waals surface area contributed by atoms with Crippen molar-refractivity contribution in [2.75, 3.05) is 6.61 Å². The third-order valence-electron chi connectivity index (χ3n) is 3.51. The van der Waals surface area contributed by atoms with E-state index in [1.807, 2.05) is 6.07 Å². The Kier molecular flexibility index (Phi) is 5.87. The van der Waals surface area contributed by atoms with Gasteiger partial charge in [-0.1, -0.05) is 56.3 Å². The van der Waals surface area contributed by atoms with Crippen molar-refractivity contribution in [3.8, 4) is 5.75 Å². The standard InChI is InChI=1S/C20H20O3/c1-3-5-14-23-19-13-9-8-12-17(19)20(22)16-11-7-6-10-15(16)18(21)4-2/h4,6-13H,2-3,5,14H2,1H3. The Morgan fingerprint density at radius 1 is 1.00 bits per heavy atom. The SMILES string of the molecule is C=CC(=O)c1ccccc1C(=O)c1ccccc1OCCCC. The molecule has 0 aliphatic carbocycles. The summed E-state index contributed by atoms with van der Waals surface area (Å²) >= 11 is 0. The van der Waals surface area contributed by atoms with E-state index in [1.165, 1.54) is 6.08 Å². The first kappa shape index (κ1) is 16.7. The number of ether oxygens (including phenoxy) is 1. The van der Waals surface area contributed by atoms with Crippen LogP contribution in [0.5, 0.6) is 5.75 Å². The van der Waals surface area contributed by atoms with Gasteiger partial charge in [0.1, 0.15) is 5.75 Å². The summed E-state index contributed by atoms with van der Waals surface area (Å²) in [6.07, 6.45) is 3.16. The molecule has 0 saturated carbocycles. The monoisotopic (exact) mass is 308 g/mol. The van der Waals surface area contributed by atoms with E-state index in [1.54, 1.807) is 42.5 Å². The van der Waals surface area contributed by atoms with Crippen molar-refractivity contribution >= 4 is 11.6 Å². The molecule has 0 amide bonds. The van der Waals surface area contributed by atoms with E-state index in [4.69, 9.17) is 4.74 Å². The van der Waals surface area contributed by atoms with Crippen molar-refractivity contribution in [1.29, 1.82) is 0 Å². The number of hydrogen-bond donors (Lipinski definition) is 0. The zero-order valence-corrected chi connectivity index (χ0v) is 13.2. The highest BCUT2D eigenvalue weighted by Crippen LogP contribution is 2.24. The third-order valence-corrected chi connectivity index (χ3v) is 3.51. The van der Waals surface area contributed by atoms with Crippen molar-refractivity contribution in [2.45, 2.75) is 19.8 Å². The van der Waals surface area contributed by atoms with Crippen LogP contribution in [0.25, 0.3) is 0 Å². The molecule has 23 heavy (non-hydrogen) atoms. The van der Waals surface area contributed by atoms with Crippen molar-refractivity contribution in [2.24, 2.45) is 0 Å². The molecule has 0 radical (unpaired) electrons. The molecule has 0 spiro atoms. The number of allylic oxidation sites excluding steroid dienone is 1. The average molecular weight is 308 g/mol. The Morgan fingerprint density at radius 3 is 2.26 bits per heavy atom. The molecule has 0 unspecified atom stereocenters. The van der Waals surface area contributed by atoms with Gasteiger partial charge in [0.25, 0.3) is 0 Å². The van der Waals surface area contributed by atoms with Gasteiger partial charge in [0.05, 0.1) is 12.2 Å². The van der Waals surface area contributed by atoms with Crippen molar-refractivity contribution in [3.63, 3.8) is 0 Å². The lowest BCUT2D eigenvalue weighted by molar-refractivity contribution is 0.100. The molecule has 2 aromatic carbocycles. The number of carbonyl (C=O) groups is 2. The fourth-order valence-corrected chi connectivity index (χ4v) is 2.26. The molecule has 0 aromatic heterocycles. The Hall–Kier alpha value is -2.68. The molecule has 0 fully saturated rings. The fraction of sp³-hybridized carbons (Fsp3) is 0.200. The van der Waals surface area contributed by atoms with Crippen LogP contribution in [0.4, 0.5) is 0 Å². The molecular formula is C20H20O3. The van der Waals surface area contributed by atoms with E-state index in [0.29, 0.717) is 29.0 Å². The van der Waals surface area contributed by atoms with Gasteiger partial charge in [-0.25, -0.2) is 0 Å². The van der Waals surface area contributed by atoms with Gasteiger partial charge in [0.2, 0.25) is 0 Å². The molecule has 0 saturated heterocycles. The highest BCUT2D eigenvalue weighted by Gasteiger charge is 2.19. The van der Waals surface area contributed by atoms with Gasteiger partial charge in [-0.3, -0.25) is 9.59 Å². The maximum absolute atomic E-state index is 12.9. The number of rotatable bonds is 8. The summed E-state index contributed by atoms with van der Waals surface area (Å²) in [4.78, 5) is 24.8. The second-order valence-corrected chi connectivity index (χ2v) is 5.14. The molecule has 0 bridgehead atoms. The molecule has 2 aromatic rings. The molecule has 0 heterocycles.